The first kappa shape index (κ1) is 22.4. The van der Waals surface area contributed by atoms with Crippen LogP contribution in [0.3, 0.4) is 0 Å². The van der Waals surface area contributed by atoms with Crippen molar-refractivity contribution in [3.8, 4) is 16.9 Å². The van der Waals surface area contributed by atoms with Crippen LogP contribution >= 0.6 is 0 Å². The van der Waals surface area contributed by atoms with Gasteiger partial charge in [-0.3, -0.25) is 4.68 Å². The first-order valence-corrected chi connectivity index (χ1v) is 10.6. The molecule has 0 saturated carbocycles. The molecule has 9 heteroatoms. The van der Waals surface area contributed by atoms with E-state index < -0.39 is 24.3 Å². The number of nitrogens with one attached hydrogen (secondary N) is 1. The third-order valence-corrected chi connectivity index (χ3v) is 5.91. The predicted octanol–water partition coefficient (Wildman–Crippen LogP) is 5.07. The molecule has 0 aliphatic carbocycles. The molecule has 1 aliphatic rings. The standard InChI is InChI=1S/C23H26F4N4O/c1-30-10-8-15(9-11-30)13-28-22-18-7-6-16(12-20(18)31(2)29-22)17-4-3-5-19(24)21(17)32-14-23(25,26)27/h3-7,12,15H,8-11,13-14H2,1-2H3,(H,28,29). The van der Waals surface area contributed by atoms with Crippen LogP contribution < -0.4 is 10.1 Å². The summed E-state index contributed by atoms with van der Waals surface area (Å²) in [6.07, 6.45) is -2.28. The number of benzene rings is 2. The fourth-order valence-corrected chi connectivity index (χ4v) is 4.10. The van der Waals surface area contributed by atoms with E-state index >= 15 is 0 Å². The van der Waals surface area contributed by atoms with Crippen molar-refractivity contribution in [2.75, 3.05) is 38.6 Å². The molecule has 1 N–H and O–H groups in total. The number of hydrogen-bond acceptors (Lipinski definition) is 4. The highest BCUT2D eigenvalue weighted by Crippen LogP contribution is 2.36. The second-order valence-electron chi connectivity index (χ2n) is 8.35. The number of rotatable bonds is 6. The Morgan fingerprint density at radius 2 is 1.88 bits per heavy atom. The van der Waals surface area contributed by atoms with E-state index in [2.05, 4.69) is 22.4 Å². The van der Waals surface area contributed by atoms with Gasteiger partial charge in [0.05, 0.1) is 5.52 Å². The number of aryl methyl sites for hydroxylation is 1. The SMILES string of the molecule is CN1CCC(CNc2nn(C)c3cc(-c4cccc(F)c4OCC(F)(F)F)ccc23)CC1. The molecule has 2 heterocycles. The zero-order valence-electron chi connectivity index (χ0n) is 18.0. The average molecular weight is 450 g/mol. The quantitative estimate of drug-likeness (QED) is 0.533. The Bertz CT molecular complexity index is 1090. The Labute approximate surface area is 184 Å². The fourth-order valence-electron chi connectivity index (χ4n) is 4.10. The summed E-state index contributed by atoms with van der Waals surface area (Å²) in [5.74, 6) is 0.105. The normalized spacial score (nSPS) is 15.9. The van der Waals surface area contributed by atoms with E-state index in [9.17, 15) is 17.6 Å². The number of nitrogens with zero attached hydrogens (tertiary/aromatic N) is 3. The second kappa shape index (κ2) is 8.97. The highest BCUT2D eigenvalue weighted by molar-refractivity contribution is 5.93. The van der Waals surface area contributed by atoms with Crippen LogP contribution in [0.25, 0.3) is 22.0 Å². The van der Waals surface area contributed by atoms with E-state index in [4.69, 9.17) is 4.74 Å². The minimum absolute atomic E-state index is 0.262. The lowest BCUT2D eigenvalue weighted by Crippen LogP contribution is -2.33. The van der Waals surface area contributed by atoms with E-state index in [0.717, 1.165) is 55.3 Å². The number of likely N-dealkylation sites (tertiary alicyclic amines) is 1. The Balaban J connectivity index is 1.58. The molecular formula is C23H26F4N4O. The van der Waals surface area contributed by atoms with Gasteiger partial charge in [0.15, 0.2) is 24.0 Å². The van der Waals surface area contributed by atoms with Crippen molar-refractivity contribution in [1.29, 1.82) is 0 Å². The van der Waals surface area contributed by atoms with Gasteiger partial charge in [-0.05, 0) is 62.7 Å². The zero-order valence-corrected chi connectivity index (χ0v) is 18.0. The van der Waals surface area contributed by atoms with Gasteiger partial charge in [0.2, 0.25) is 0 Å². The molecule has 0 bridgehead atoms. The smallest absolute Gasteiger partial charge is 0.422 e. The van der Waals surface area contributed by atoms with Crippen LogP contribution in [0.2, 0.25) is 0 Å². The number of alkyl halides is 3. The number of hydrogen-bond donors (Lipinski definition) is 1. The summed E-state index contributed by atoms with van der Waals surface area (Å²) in [7, 11) is 3.94. The molecule has 0 amide bonds. The van der Waals surface area contributed by atoms with Crippen molar-refractivity contribution in [3.63, 3.8) is 0 Å². The zero-order chi connectivity index (χ0) is 22.9. The minimum Gasteiger partial charge on any atom is -0.480 e. The fraction of sp³-hybridized carbons (Fsp3) is 0.435. The summed E-state index contributed by atoms with van der Waals surface area (Å²) < 4.78 is 58.7. The van der Waals surface area contributed by atoms with Crippen LogP contribution in [0.1, 0.15) is 12.8 Å². The molecule has 1 aliphatic heterocycles. The molecule has 0 atom stereocenters. The lowest BCUT2D eigenvalue weighted by atomic mass is 9.97. The van der Waals surface area contributed by atoms with Crippen molar-refractivity contribution >= 4 is 16.7 Å². The summed E-state index contributed by atoms with van der Waals surface area (Å²) in [4.78, 5) is 2.33. The first-order chi connectivity index (χ1) is 15.2. The molecular weight excluding hydrogens is 424 g/mol. The van der Waals surface area contributed by atoms with Crippen LogP contribution in [0, 0.1) is 11.7 Å². The maximum Gasteiger partial charge on any atom is 0.422 e. The number of aromatic nitrogens is 2. The largest absolute Gasteiger partial charge is 0.480 e. The molecule has 3 aromatic rings. The maximum atomic E-state index is 14.3. The van der Waals surface area contributed by atoms with Gasteiger partial charge in [0, 0.05) is 24.5 Å². The van der Waals surface area contributed by atoms with Crippen molar-refractivity contribution in [2.24, 2.45) is 13.0 Å². The third-order valence-electron chi connectivity index (χ3n) is 5.91. The number of anilines is 1. The average Bonchev–Trinajstić information content (AvgIpc) is 3.07. The summed E-state index contributed by atoms with van der Waals surface area (Å²) >= 11 is 0. The molecule has 0 radical (unpaired) electrons. The molecule has 2 aromatic carbocycles. The first-order valence-electron chi connectivity index (χ1n) is 10.6. The molecule has 0 unspecified atom stereocenters. The number of halogens is 4. The van der Waals surface area contributed by atoms with Crippen LogP contribution in [0.4, 0.5) is 23.4 Å². The monoisotopic (exact) mass is 450 g/mol. The van der Waals surface area contributed by atoms with Gasteiger partial charge in [0.25, 0.3) is 0 Å². The van der Waals surface area contributed by atoms with Gasteiger partial charge < -0.3 is 15.0 Å². The maximum absolute atomic E-state index is 14.3. The summed E-state index contributed by atoms with van der Waals surface area (Å²) in [5.41, 5.74) is 1.61. The van der Waals surface area contributed by atoms with E-state index in [1.54, 1.807) is 29.9 Å². The van der Waals surface area contributed by atoms with Gasteiger partial charge >= 0.3 is 6.18 Å². The van der Waals surface area contributed by atoms with Gasteiger partial charge in [-0.1, -0.05) is 18.2 Å². The molecule has 1 saturated heterocycles. The minimum atomic E-state index is -4.56. The third kappa shape index (κ3) is 4.98. The summed E-state index contributed by atoms with van der Waals surface area (Å²) in [6.45, 7) is 1.46. The second-order valence-corrected chi connectivity index (χ2v) is 8.35. The lowest BCUT2D eigenvalue weighted by Gasteiger charge is -2.28. The highest BCUT2D eigenvalue weighted by Gasteiger charge is 2.29. The molecule has 1 fully saturated rings. The van der Waals surface area contributed by atoms with Crippen LogP contribution in [-0.2, 0) is 7.05 Å². The van der Waals surface area contributed by atoms with E-state index in [0.29, 0.717) is 11.5 Å². The van der Waals surface area contributed by atoms with Gasteiger partial charge in [0.1, 0.15) is 0 Å². The number of para-hydroxylation sites is 1. The molecule has 4 rings (SSSR count). The molecule has 1 aromatic heterocycles. The van der Waals surface area contributed by atoms with Crippen molar-refractivity contribution < 1.29 is 22.3 Å². The molecule has 32 heavy (non-hydrogen) atoms. The summed E-state index contributed by atoms with van der Waals surface area (Å²) in [5, 5.41) is 8.92. The summed E-state index contributed by atoms with van der Waals surface area (Å²) in [6, 6.07) is 9.48. The van der Waals surface area contributed by atoms with Gasteiger partial charge in [-0.2, -0.15) is 18.3 Å². The van der Waals surface area contributed by atoms with Crippen LogP contribution in [0.15, 0.2) is 36.4 Å². The van der Waals surface area contributed by atoms with E-state index in [1.165, 1.54) is 6.07 Å². The Morgan fingerprint density at radius 1 is 1.12 bits per heavy atom. The van der Waals surface area contributed by atoms with Crippen LogP contribution in [0.5, 0.6) is 5.75 Å². The molecule has 172 valence electrons. The highest BCUT2D eigenvalue weighted by atomic mass is 19.4. The van der Waals surface area contributed by atoms with E-state index in [1.807, 2.05) is 6.07 Å². The lowest BCUT2D eigenvalue weighted by molar-refractivity contribution is -0.153. The van der Waals surface area contributed by atoms with Crippen molar-refractivity contribution in [1.82, 2.24) is 14.7 Å². The Kier molecular flexibility index (Phi) is 6.28. The van der Waals surface area contributed by atoms with Crippen molar-refractivity contribution in [2.45, 2.75) is 19.0 Å². The Morgan fingerprint density at radius 3 is 2.59 bits per heavy atom. The number of ether oxygens (including phenoxy) is 1. The van der Waals surface area contributed by atoms with Gasteiger partial charge in [-0.25, -0.2) is 4.39 Å². The Hall–Kier alpha value is -2.81. The van der Waals surface area contributed by atoms with Crippen LogP contribution in [-0.4, -0.2) is 54.1 Å². The van der Waals surface area contributed by atoms with Crippen molar-refractivity contribution in [3.05, 3.63) is 42.2 Å². The molecule has 0 spiro atoms. The topological polar surface area (TPSA) is 42.3 Å². The number of piperidine rings is 1. The number of fused-ring (bicyclic) bond motifs is 1. The van der Waals surface area contributed by atoms with E-state index in [-0.39, 0.29) is 5.56 Å². The molecule has 5 nitrogen and oxygen atoms in total. The van der Waals surface area contributed by atoms with Gasteiger partial charge in [-0.15, -0.1) is 0 Å². The predicted molar refractivity (Wildman–Crippen MR) is 116 cm³/mol.